The topological polar surface area (TPSA) is 60.0 Å². The van der Waals surface area contributed by atoms with E-state index in [1.54, 1.807) is 11.3 Å². The molecule has 4 heterocycles. The second-order valence-corrected chi connectivity index (χ2v) is 8.06. The molecule has 130 valence electrons. The molecule has 25 heavy (non-hydrogen) atoms. The average Bonchev–Trinajstić information content (AvgIpc) is 3.35. The summed E-state index contributed by atoms with van der Waals surface area (Å²) in [6, 6.07) is 2.29. The van der Waals surface area contributed by atoms with E-state index in [1.165, 1.54) is 5.56 Å². The third-order valence-electron chi connectivity index (χ3n) is 5.48. The molecule has 6 heteroatoms. The van der Waals surface area contributed by atoms with Crippen molar-refractivity contribution in [3.05, 3.63) is 34.4 Å². The number of pyridine rings is 1. The van der Waals surface area contributed by atoms with E-state index in [0.29, 0.717) is 5.92 Å². The second-order valence-electron chi connectivity index (χ2n) is 7.00. The number of thiazole rings is 1. The van der Waals surface area contributed by atoms with Crippen molar-refractivity contribution >= 4 is 22.4 Å². The Bertz CT molecular complexity index is 900. The number of ether oxygens (including phenoxy) is 2. The van der Waals surface area contributed by atoms with Crippen LogP contribution in [0.4, 0.5) is 0 Å². The molecule has 0 radical (unpaired) electrons. The summed E-state index contributed by atoms with van der Waals surface area (Å²) >= 11 is 1.68. The lowest BCUT2D eigenvalue weighted by molar-refractivity contribution is -0.178. The van der Waals surface area contributed by atoms with Crippen molar-refractivity contribution in [3.63, 3.8) is 0 Å². The van der Waals surface area contributed by atoms with Crippen molar-refractivity contribution in [3.8, 4) is 11.3 Å². The van der Waals surface area contributed by atoms with E-state index in [9.17, 15) is 0 Å². The highest BCUT2D eigenvalue weighted by Crippen LogP contribution is 2.43. The minimum atomic E-state index is -0.300. The Labute approximate surface area is 150 Å². The van der Waals surface area contributed by atoms with Crippen LogP contribution in [0.25, 0.3) is 22.3 Å². The van der Waals surface area contributed by atoms with Gasteiger partial charge in [0.05, 0.1) is 23.9 Å². The fourth-order valence-corrected chi connectivity index (χ4v) is 4.73. The molecular weight excluding hydrogens is 334 g/mol. The summed E-state index contributed by atoms with van der Waals surface area (Å²) in [6.07, 6.45) is 8.16. The van der Waals surface area contributed by atoms with Crippen LogP contribution in [-0.4, -0.2) is 34.0 Å². The Hall–Kier alpha value is -1.76. The number of hydrogen-bond donors (Lipinski definition) is 1. The summed E-state index contributed by atoms with van der Waals surface area (Å²) in [5, 5.41) is 4.36. The summed E-state index contributed by atoms with van der Waals surface area (Å²) < 4.78 is 11.7. The summed E-state index contributed by atoms with van der Waals surface area (Å²) in [5.41, 5.74) is 4.42. The Kier molecular flexibility index (Phi) is 3.66. The van der Waals surface area contributed by atoms with Crippen LogP contribution in [0.3, 0.4) is 0 Å². The summed E-state index contributed by atoms with van der Waals surface area (Å²) in [4.78, 5) is 12.6. The third kappa shape index (κ3) is 2.69. The molecule has 0 aromatic carbocycles. The SMILES string of the molecule is Cc1nc(-c2c[nH]c3ncc(C4CCC5(CC4)OCCO5)cc23)cs1. The van der Waals surface area contributed by atoms with Crippen molar-refractivity contribution in [1.29, 1.82) is 0 Å². The van der Waals surface area contributed by atoms with Gasteiger partial charge in [0.15, 0.2) is 5.79 Å². The van der Waals surface area contributed by atoms with Crippen LogP contribution in [0.15, 0.2) is 23.8 Å². The predicted octanol–water partition coefficient (Wildman–Crippen LogP) is 4.40. The lowest BCUT2D eigenvalue weighted by Gasteiger charge is -2.35. The van der Waals surface area contributed by atoms with Gasteiger partial charge in [-0.05, 0) is 37.3 Å². The van der Waals surface area contributed by atoms with Gasteiger partial charge < -0.3 is 14.5 Å². The highest BCUT2D eigenvalue weighted by atomic mass is 32.1. The quantitative estimate of drug-likeness (QED) is 0.740. The van der Waals surface area contributed by atoms with Gasteiger partial charge in [0.25, 0.3) is 0 Å². The zero-order chi connectivity index (χ0) is 16.9. The monoisotopic (exact) mass is 355 g/mol. The lowest BCUT2D eigenvalue weighted by atomic mass is 9.81. The zero-order valence-electron chi connectivity index (χ0n) is 14.2. The third-order valence-corrected chi connectivity index (χ3v) is 6.25. The minimum Gasteiger partial charge on any atom is -0.348 e. The number of rotatable bonds is 2. The van der Waals surface area contributed by atoms with E-state index >= 15 is 0 Å². The number of nitrogens with one attached hydrogen (secondary N) is 1. The number of H-pyrrole nitrogens is 1. The first-order chi connectivity index (χ1) is 12.2. The largest absolute Gasteiger partial charge is 0.348 e. The molecule has 0 amide bonds. The fraction of sp³-hybridized carbons (Fsp3) is 0.474. The van der Waals surface area contributed by atoms with Gasteiger partial charge >= 0.3 is 0 Å². The smallest absolute Gasteiger partial charge is 0.168 e. The molecule has 1 saturated carbocycles. The molecule has 3 aromatic heterocycles. The first-order valence-electron chi connectivity index (χ1n) is 8.90. The maximum Gasteiger partial charge on any atom is 0.168 e. The molecule has 0 bridgehead atoms. The molecular formula is C19H21N3O2S. The maximum absolute atomic E-state index is 5.85. The normalized spacial score (nSPS) is 20.7. The van der Waals surface area contributed by atoms with E-state index in [0.717, 1.165) is 66.2 Å². The highest BCUT2D eigenvalue weighted by molar-refractivity contribution is 7.09. The van der Waals surface area contributed by atoms with Crippen molar-refractivity contribution in [2.45, 2.75) is 44.3 Å². The molecule has 3 aromatic rings. The van der Waals surface area contributed by atoms with Gasteiger partial charge in [-0.3, -0.25) is 0 Å². The summed E-state index contributed by atoms with van der Waals surface area (Å²) in [6.45, 7) is 3.51. The summed E-state index contributed by atoms with van der Waals surface area (Å²) in [5.74, 6) is 0.223. The van der Waals surface area contributed by atoms with Gasteiger partial charge in [0.1, 0.15) is 5.65 Å². The first kappa shape index (κ1) is 15.5. The molecule has 5 nitrogen and oxygen atoms in total. The van der Waals surface area contributed by atoms with Crippen molar-refractivity contribution in [2.24, 2.45) is 0 Å². The number of aryl methyl sites for hydroxylation is 1. The van der Waals surface area contributed by atoms with E-state index in [-0.39, 0.29) is 5.79 Å². The van der Waals surface area contributed by atoms with Gasteiger partial charge in [-0.1, -0.05) is 0 Å². The van der Waals surface area contributed by atoms with E-state index in [4.69, 9.17) is 9.47 Å². The Morgan fingerprint density at radius 1 is 1.24 bits per heavy atom. The number of fused-ring (bicyclic) bond motifs is 1. The van der Waals surface area contributed by atoms with Gasteiger partial charge in [-0.25, -0.2) is 9.97 Å². The van der Waals surface area contributed by atoms with Gasteiger partial charge in [0.2, 0.25) is 0 Å². The number of hydrogen-bond acceptors (Lipinski definition) is 5. The molecule has 2 fully saturated rings. The van der Waals surface area contributed by atoms with E-state index < -0.39 is 0 Å². The minimum absolute atomic E-state index is 0.300. The number of aromatic nitrogens is 3. The first-order valence-corrected chi connectivity index (χ1v) is 9.78. The van der Waals surface area contributed by atoms with E-state index in [1.807, 2.05) is 19.3 Å². The fourth-order valence-electron chi connectivity index (χ4n) is 4.12. The van der Waals surface area contributed by atoms with Crippen LogP contribution in [0, 0.1) is 6.92 Å². The van der Waals surface area contributed by atoms with Crippen LogP contribution in [0.2, 0.25) is 0 Å². The Balaban J connectivity index is 1.44. The van der Waals surface area contributed by atoms with Crippen LogP contribution < -0.4 is 0 Å². The molecule has 1 spiro atoms. The highest BCUT2D eigenvalue weighted by Gasteiger charge is 2.40. The van der Waals surface area contributed by atoms with Crippen molar-refractivity contribution in [1.82, 2.24) is 15.0 Å². The molecule has 1 aliphatic heterocycles. The van der Waals surface area contributed by atoms with Crippen LogP contribution >= 0.6 is 11.3 Å². The number of aromatic amines is 1. The Morgan fingerprint density at radius 3 is 2.76 bits per heavy atom. The van der Waals surface area contributed by atoms with Crippen LogP contribution in [-0.2, 0) is 9.47 Å². The molecule has 2 aliphatic rings. The molecule has 0 atom stereocenters. The molecule has 0 unspecified atom stereocenters. The second kappa shape index (κ2) is 5.90. The maximum atomic E-state index is 5.85. The van der Waals surface area contributed by atoms with E-state index in [2.05, 4.69) is 26.4 Å². The average molecular weight is 355 g/mol. The lowest BCUT2D eigenvalue weighted by Crippen LogP contribution is -2.34. The van der Waals surface area contributed by atoms with Crippen molar-refractivity contribution in [2.75, 3.05) is 13.2 Å². The zero-order valence-corrected chi connectivity index (χ0v) is 15.1. The number of nitrogens with zero attached hydrogens (tertiary/aromatic N) is 2. The van der Waals surface area contributed by atoms with Crippen LogP contribution in [0.1, 0.15) is 42.2 Å². The summed E-state index contributed by atoms with van der Waals surface area (Å²) in [7, 11) is 0. The van der Waals surface area contributed by atoms with Gasteiger partial charge in [-0.2, -0.15) is 0 Å². The van der Waals surface area contributed by atoms with Gasteiger partial charge in [-0.15, -0.1) is 11.3 Å². The Morgan fingerprint density at radius 2 is 2.04 bits per heavy atom. The van der Waals surface area contributed by atoms with Crippen molar-refractivity contribution < 1.29 is 9.47 Å². The molecule has 1 saturated heterocycles. The molecule has 1 aliphatic carbocycles. The molecule has 5 rings (SSSR count). The molecule has 1 N–H and O–H groups in total. The predicted molar refractivity (Wildman–Crippen MR) is 97.8 cm³/mol. The van der Waals surface area contributed by atoms with Crippen LogP contribution in [0.5, 0.6) is 0 Å². The standard InChI is InChI=1S/C19H21N3O2S/c1-12-22-17(11-25-12)16-10-21-18-15(16)8-14(9-20-18)13-2-4-19(5-3-13)23-6-7-24-19/h8-11,13H,2-7H2,1H3,(H,20,21). The van der Waals surface area contributed by atoms with Gasteiger partial charge in [0, 0.05) is 41.6 Å².